The van der Waals surface area contributed by atoms with Crippen LogP contribution in [0.3, 0.4) is 0 Å². The molecule has 1 unspecified atom stereocenters. The van der Waals surface area contributed by atoms with Crippen LogP contribution in [0.5, 0.6) is 0 Å². The van der Waals surface area contributed by atoms with Crippen molar-refractivity contribution in [1.29, 1.82) is 0 Å². The number of hydrogen-bond acceptors (Lipinski definition) is 2. The van der Waals surface area contributed by atoms with Crippen LogP contribution in [-0.4, -0.2) is 18.2 Å². The minimum Gasteiger partial charge on any atom is -0.281 e. The molecular weight excluding hydrogens is 102 g/mol. The van der Waals surface area contributed by atoms with E-state index in [1.807, 2.05) is 6.08 Å². The topological polar surface area (TPSA) is 29.4 Å². The Hall–Kier alpha value is -1.14. The van der Waals surface area contributed by atoms with E-state index in [0.717, 1.165) is 0 Å². The Balaban J connectivity index is 2.62. The first-order valence-electron chi connectivity index (χ1n) is 2.34. The van der Waals surface area contributed by atoms with Crippen LogP contribution in [0.25, 0.3) is 0 Å². The van der Waals surface area contributed by atoms with Gasteiger partial charge >= 0.3 is 0 Å². The van der Waals surface area contributed by atoms with Gasteiger partial charge in [0.15, 0.2) is 0 Å². The maximum Gasteiger partial charge on any atom is 0.122 e. The van der Waals surface area contributed by atoms with Gasteiger partial charge in [0.2, 0.25) is 0 Å². The van der Waals surface area contributed by atoms with Crippen molar-refractivity contribution in [3.63, 3.8) is 0 Å². The predicted octanol–water partition coefficient (Wildman–Crippen LogP) is 0.383. The molecule has 0 aromatic carbocycles. The molecule has 1 aliphatic heterocycles. The molecule has 1 heterocycles. The largest absolute Gasteiger partial charge is 0.281 e. The van der Waals surface area contributed by atoms with E-state index in [0.29, 0.717) is 0 Å². The second kappa shape index (κ2) is 2.24. The lowest BCUT2D eigenvalue weighted by molar-refractivity contribution is 0.568. The number of carbonyl (C=O) groups excluding carboxylic acids is 1. The first-order valence-corrected chi connectivity index (χ1v) is 2.34. The van der Waals surface area contributed by atoms with Crippen LogP contribution in [0.4, 0.5) is 0 Å². The van der Waals surface area contributed by atoms with E-state index in [2.05, 4.69) is 4.99 Å². The summed E-state index contributed by atoms with van der Waals surface area (Å²) >= 11 is 0. The van der Waals surface area contributed by atoms with Crippen molar-refractivity contribution in [2.75, 3.05) is 0 Å². The van der Waals surface area contributed by atoms with Crippen LogP contribution < -0.4 is 0 Å². The van der Waals surface area contributed by atoms with Gasteiger partial charge in [-0.1, -0.05) is 6.08 Å². The zero-order valence-electron chi connectivity index (χ0n) is 4.24. The summed E-state index contributed by atoms with van der Waals surface area (Å²) < 4.78 is 0. The molecule has 0 saturated heterocycles. The summed E-state index contributed by atoms with van der Waals surface area (Å²) in [6, 6.07) is -0.0486. The number of aliphatic imine (C=N–C) groups is 1. The van der Waals surface area contributed by atoms with Gasteiger partial charge in [-0.25, -0.2) is 4.79 Å². The molecule has 0 radical (unpaired) electrons. The molecule has 2 heteroatoms. The summed E-state index contributed by atoms with van der Waals surface area (Å²) in [5.74, 6) is 1.67. The molecule has 0 spiro atoms. The number of rotatable bonds is 1. The predicted molar refractivity (Wildman–Crippen MR) is 31.7 cm³/mol. The molecule has 40 valence electrons. The minimum absolute atomic E-state index is 0.0486. The van der Waals surface area contributed by atoms with Crippen LogP contribution in [0.15, 0.2) is 23.2 Å². The van der Waals surface area contributed by atoms with Gasteiger partial charge in [0.05, 0.1) is 6.04 Å². The van der Waals surface area contributed by atoms with Gasteiger partial charge in [0.25, 0.3) is 0 Å². The van der Waals surface area contributed by atoms with Crippen molar-refractivity contribution >= 4 is 12.2 Å². The molecule has 1 aliphatic rings. The first-order chi connectivity index (χ1) is 3.93. The van der Waals surface area contributed by atoms with Gasteiger partial charge in [-0.3, -0.25) is 4.99 Å². The van der Waals surface area contributed by atoms with Gasteiger partial charge in [0.1, 0.15) is 5.94 Å². The first kappa shape index (κ1) is 5.01. The van der Waals surface area contributed by atoms with E-state index >= 15 is 0 Å². The molecule has 0 aliphatic carbocycles. The Labute approximate surface area is 47.2 Å². The molecule has 2 nitrogen and oxygen atoms in total. The highest BCUT2D eigenvalue weighted by molar-refractivity contribution is 5.75. The lowest BCUT2D eigenvalue weighted by atomic mass is 10.3. The fourth-order valence-corrected chi connectivity index (χ4v) is 0.531. The standard InChI is InChI=1S/C6H5NO/c8-5-3-6-2-1-4-7-6/h1-4,6H. The Kier molecular flexibility index (Phi) is 1.40. The molecule has 0 saturated carbocycles. The van der Waals surface area contributed by atoms with E-state index in [-0.39, 0.29) is 6.04 Å². The number of hydrogen-bond donors (Lipinski definition) is 0. The van der Waals surface area contributed by atoms with E-state index in [1.165, 1.54) is 6.08 Å². The third kappa shape index (κ3) is 0.922. The Morgan fingerprint density at radius 3 is 3.12 bits per heavy atom. The number of allylic oxidation sites excluding steroid dienone is 1. The SMILES string of the molecule is O=C=CC1C=CC=N1. The molecule has 0 bridgehead atoms. The molecule has 0 fully saturated rings. The molecule has 0 N–H and O–H groups in total. The van der Waals surface area contributed by atoms with Gasteiger partial charge in [0, 0.05) is 12.3 Å². The third-order valence-electron chi connectivity index (χ3n) is 0.891. The number of nitrogens with zero attached hydrogens (tertiary/aromatic N) is 1. The average Bonchev–Trinajstić information content (AvgIpc) is 2.19. The van der Waals surface area contributed by atoms with Crippen molar-refractivity contribution in [2.24, 2.45) is 4.99 Å². The fourth-order valence-electron chi connectivity index (χ4n) is 0.531. The van der Waals surface area contributed by atoms with Crippen LogP contribution in [0.1, 0.15) is 0 Å². The van der Waals surface area contributed by atoms with Crippen molar-refractivity contribution < 1.29 is 4.79 Å². The second-order valence-electron chi connectivity index (χ2n) is 1.46. The van der Waals surface area contributed by atoms with Crippen LogP contribution >= 0.6 is 0 Å². The molecule has 0 aromatic heterocycles. The molecular formula is C6H5NO. The van der Waals surface area contributed by atoms with Crippen LogP contribution in [0, 0.1) is 0 Å². The summed E-state index contributed by atoms with van der Waals surface area (Å²) in [6.45, 7) is 0. The summed E-state index contributed by atoms with van der Waals surface area (Å²) in [5, 5.41) is 0. The normalized spacial score (nSPS) is 23.2. The van der Waals surface area contributed by atoms with Crippen molar-refractivity contribution in [3.8, 4) is 0 Å². The maximum atomic E-state index is 9.67. The summed E-state index contributed by atoms with van der Waals surface area (Å²) in [5.41, 5.74) is 0. The Morgan fingerprint density at radius 2 is 2.62 bits per heavy atom. The average molecular weight is 107 g/mol. The molecule has 1 atom stereocenters. The Morgan fingerprint density at radius 1 is 1.75 bits per heavy atom. The Bertz CT molecular complexity index is 163. The molecule has 0 aromatic rings. The second-order valence-corrected chi connectivity index (χ2v) is 1.46. The summed E-state index contributed by atoms with van der Waals surface area (Å²) in [4.78, 5) is 13.5. The maximum absolute atomic E-state index is 9.67. The lowest BCUT2D eigenvalue weighted by Gasteiger charge is -1.86. The summed E-state index contributed by atoms with van der Waals surface area (Å²) in [6.07, 6.45) is 6.67. The quantitative estimate of drug-likeness (QED) is 0.445. The van der Waals surface area contributed by atoms with Crippen molar-refractivity contribution in [3.05, 3.63) is 18.2 Å². The third-order valence-corrected chi connectivity index (χ3v) is 0.891. The van der Waals surface area contributed by atoms with E-state index in [4.69, 9.17) is 0 Å². The highest BCUT2D eigenvalue weighted by atomic mass is 16.1. The molecule has 8 heavy (non-hydrogen) atoms. The molecule has 0 amide bonds. The lowest BCUT2D eigenvalue weighted by Crippen LogP contribution is -1.88. The highest BCUT2D eigenvalue weighted by Crippen LogP contribution is 1.97. The fraction of sp³-hybridized carbons (Fsp3) is 0.167. The van der Waals surface area contributed by atoms with E-state index < -0.39 is 0 Å². The van der Waals surface area contributed by atoms with Crippen molar-refractivity contribution in [2.45, 2.75) is 6.04 Å². The van der Waals surface area contributed by atoms with Gasteiger partial charge in [-0.05, 0) is 6.08 Å². The monoisotopic (exact) mass is 107 g/mol. The van der Waals surface area contributed by atoms with Crippen LogP contribution in [0.2, 0.25) is 0 Å². The molecule has 1 rings (SSSR count). The van der Waals surface area contributed by atoms with E-state index in [1.54, 1.807) is 18.2 Å². The van der Waals surface area contributed by atoms with Gasteiger partial charge in [-0.2, -0.15) is 0 Å². The zero-order valence-corrected chi connectivity index (χ0v) is 4.24. The van der Waals surface area contributed by atoms with Crippen LogP contribution in [-0.2, 0) is 4.79 Å². The minimum atomic E-state index is -0.0486. The zero-order chi connectivity index (χ0) is 5.82. The van der Waals surface area contributed by atoms with Gasteiger partial charge < -0.3 is 0 Å². The van der Waals surface area contributed by atoms with Crippen molar-refractivity contribution in [1.82, 2.24) is 0 Å². The van der Waals surface area contributed by atoms with E-state index in [9.17, 15) is 4.79 Å². The van der Waals surface area contributed by atoms with Gasteiger partial charge in [-0.15, -0.1) is 0 Å². The summed E-state index contributed by atoms with van der Waals surface area (Å²) in [7, 11) is 0. The highest BCUT2D eigenvalue weighted by Gasteiger charge is 1.96. The smallest absolute Gasteiger partial charge is 0.122 e.